The molecule has 1 heterocycles. The maximum atomic E-state index is 12.5. The fourth-order valence-corrected chi connectivity index (χ4v) is 4.49. The topological polar surface area (TPSA) is 87.0 Å². The van der Waals surface area contributed by atoms with Crippen molar-refractivity contribution in [1.29, 1.82) is 0 Å². The Kier molecular flexibility index (Phi) is 11.2. The molecule has 1 aliphatic rings. The first kappa shape index (κ1) is 26.3. The van der Waals surface area contributed by atoms with Crippen LogP contribution in [0.4, 0.5) is 0 Å². The van der Waals surface area contributed by atoms with E-state index in [9.17, 15) is 19.5 Å². The minimum Gasteiger partial charge on any atom is -0.481 e. The van der Waals surface area contributed by atoms with E-state index in [-0.39, 0.29) is 33.7 Å². The number of carboxylic acid groups (broad SMARTS) is 1. The Balaban J connectivity index is 1.61. The molecule has 1 unspecified atom stereocenters. The van der Waals surface area contributed by atoms with Crippen molar-refractivity contribution in [2.24, 2.45) is 10.9 Å². The zero-order chi connectivity index (χ0) is 23.5. The molecular formula is C24H32Cl2N2O4. The van der Waals surface area contributed by atoms with E-state index >= 15 is 0 Å². The van der Waals surface area contributed by atoms with Crippen LogP contribution < -0.4 is 0 Å². The first-order valence-corrected chi connectivity index (χ1v) is 12.1. The maximum Gasteiger partial charge on any atom is 0.306 e. The van der Waals surface area contributed by atoms with Crippen LogP contribution >= 0.6 is 23.2 Å². The first-order chi connectivity index (χ1) is 15.3. The molecular weight excluding hydrogens is 451 g/mol. The summed E-state index contributed by atoms with van der Waals surface area (Å²) >= 11 is 12.1. The number of hydrogen-bond acceptors (Lipinski definition) is 4. The smallest absolute Gasteiger partial charge is 0.306 e. The number of benzene rings is 1. The molecule has 0 bridgehead atoms. The summed E-state index contributed by atoms with van der Waals surface area (Å²) in [5.74, 6) is -1.98. The Morgan fingerprint density at radius 2 is 1.66 bits per heavy atom. The fraction of sp³-hybridized carbons (Fsp3) is 0.583. The molecule has 2 rings (SSSR count). The summed E-state index contributed by atoms with van der Waals surface area (Å²) in [6.45, 7) is 1.40. The van der Waals surface area contributed by atoms with Crippen molar-refractivity contribution in [3.8, 4) is 0 Å². The van der Waals surface area contributed by atoms with Gasteiger partial charge in [0.15, 0.2) is 5.78 Å². The van der Waals surface area contributed by atoms with Crippen LogP contribution in [0.25, 0.3) is 0 Å². The third-order valence-electron chi connectivity index (χ3n) is 5.82. The Bertz CT molecular complexity index is 821. The van der Waals surface area contributed by atoms with Gasteiger partial charge in [0.1, 0.15) is 0 Å². The summed E-state index contributed by atoms with van der Waals surface area (Å²) in [7, 11) is 1.81. The third-order valence-corrected chi connectivity index (χ3v) is 6.45. The summed E-state index contributed by atoms with van der Waals surface area (Å²) in [5, 5.41) is 9.99. The third kappa shape index (κ3) is 8.21. The molecule has 0 fully saturated rings. The number of ketones is 1. The normalized spacial score (nSPS) is 14.9. The van der Waals surface area contributed by atoms with E-state index < -0.39 is 11.9 Å². The molecule has 0 saturated heterocycles. The van der Waals surface area contributed by atoms with Gasteiger partial charge in [0.2, 0.25) is 0 Å². The Morgan fingerprint density at radius 1 is 1.06 bits per heavy atom. The molecule has 32 heavy (non-hydrogen) atoms. The number of likely N-dealkylation sites (N-methyl/N-ethyl adjacent to an activating group) is 1. The van der Waals surface area contributed by atoms with Gasteiger partial charge in [-0.3, -0.25) is 19.4 Å². The van der Waals surface area contributed by atoms with Crippen molar-refractivity contribution < 1.29 is 19.5 Å². The molecule has 176 valence electrons. The van der Waals surface area contributed by atoms with Crippen molar-refractivity contribution in [1.82, 2.24) is 4.90 Å². The van der Waals surface area contributed by atoms with Crippen LogP contribution in [-0.4, -0.2) is 53.5 Å². The lowest BCUT2D eigenvalue weighted by Crippen LogP contribution is -2.39. The lowest BCUT2D eigenvalue weighted by Gasteiger charge is -2.21. The summed E-state index contributed by atoms with van der Waals surface area (Å²) in [4.78, 5) is 42.1. The highest BCUT2D eigenvalue weighted by Crippen LogP contribution is 2.28. The summed E-state index contributed by atoms with van der Waals surface area (Å²) < 4.78 is 0. The van der Waals surface area contributed by atoms with Crippen LogP contribution in [0, 0.1) is 5.92 Å². The zero-order valence-electron chi connectivity index (χ0n) is 18.6. The van der Waals surface area contributed by atoms with Crippen LogP contribution in [0.2, 0.25) is 10.0 Å². The van der Waals surface area contributed by atoms with Gasteiger partial charge in [0, 0.05) is 20.0 Å². The number of amides is 1. The highest BCUT2D eigenvalue weighted by molar-refractivity contribution is 6.40. The van der Waals surface area contributed by atoms with Crippen LogP contribution in [-0.2, 0) is 9.59 Å². The van der Waals surface area contributed by atoms with E-state index in [1.165, 1.54) is 0 Å². The SMILES string of the molecule is CN1CCN=C(CCCCCCCCCC(CC(=O)c2c(Cl)cccc2Cl)C(=O)O)C1=O. The van der Waals surface area contributed by atoms with Crippen molar-refractivity contribution in [2.45, 2.75) is 64.2 Å². The monoisotopic (exact) mass is 482 g/mol. The van der Waals surface area contributed by atoms with Gasteiger partial charge in [-0.1, -0.05) is 67.8 Å². The first-order valence-electron chi connectivity index (χ1n) is 11.3. The Morgan fingerprint density at radius 3 is 2.28 bits per heavy atom. The van der Waals surface area contributed by atoms with Gasteiger partial charge >= 0.3 is 5.97 Å². The number of aliphatic carboxylic acids is 1. The van der Waals surface area contributed by atoms with E-state index in [0.29, 0.717) is 25.2 Å². The van der Waals surface area contributed by atoms with Crippen LogP contribution in [0.15, 0.2) is 23.2 Å². The highest BCUT2D eigenvalue weighted by atomic mass is 35.5. The minimum atomic E-state index is -0.965. The number of Topliss-reactive ketones (excluding diaryl/α,β-unsaturated/α-hetero) is 1. The van der Waals surface area contributed by atoms with Gasteiger partial charge in [0.25, 0.3) is 5.91 Å². The predicted octanol–water partition coefficient (Wildman–Crippen LogP) is 5.69. The summed E-state index contributed by atoms with van der Waals surface area (Å²) in [6, 6.07) is 4.81. The minimum absolute atomic E-state index is 0.0551. The molecule has 1 atom stereocenters. The largest absolute Gasteiger partial charge is 0.481 e. The number of carboxylic acids is 1. The van der Waals surface area contributed by atoms with E-state index in [1.54, 1.807) is 23.1 Å². The number of carbonyl (C=O) groups is 3. The number of halogens is 2. The van der Waals surface area contributed by atoms with Gasteiger partial charge in [-0.25, -0.2) is 0 Å². The quantitative estimate of drug-likeness (QED) is 0.272. The van der Waals surface area contributed by atoms with Crippen molar-refractivity contribution in [3.05, 3.63) is 33.8 Å². The number of rotatable bonds is 14. The van der Waals surface area contributed by atoms with E-state index in [0.717, 1.165) is 51.4 Å². The Hall–Kier alpha value is -1.92. The van der Waals surface area contributed by atoms with Crippen molar-refractivity contribution in [3.63, 3.8) is 0 Å². The fourth-order valence-electron chi connectivity index (χ4n) is 3.88. The average molecular weight is 483 g/mol. The van der Waals surface area contributed by atoms with Gasteiger partial charge in [0.05, 0.1) is 33.8 Å². The molecule has 0 aromatic heterocycles. The molecule has 1 amide bonds. The maximum absolute atomic E-state index is 12.5. The van der Waals surface area contributed by atoms with Gasteiger partial charge < -0.3 is 10.0 Å². The molecule has 0 saturated carbocycles. The van der Waals surface area contributed by atoms with Gasteiger partial charge in [-0.2, -0.15) is 0 Å². The van der Waals surface area contributed by atoms with Crippen LogP contribution in [0.3, 0.4) is 0 Å². The lowest BCUT2D eigenvalue weighted by atomic mass is 9.93. The Labute approximate surface area is 200 Å². The number of carbonyl (C=O) groups excluding carboxylic acids is 2. The van der Waals surface area contributed by atoms with Crippen LogP contribution in [0.1, 0.15) is 74.6 Å². The number of aliphatic imine (C=N–C) groups is 1. The highest BCUT2D eigenvalue weighted by Gasteiger charge is 2.24. The molecule has 1 aromatic carbocycles. The average Bonchev–Trinajstić information content (AvgIpc) is 2.74. The number of unbranched alkanes of at least 4 members (excludes halogenated alkanes) is 6. The molecule has 0 aliphatic carbocycles. The molecule has 0 spiro atoms. The van der Waals surface area contributed by atoms with Crippen LogP contribution in [0.5, 0.6) is 0 Å². The van der Waals surface area contributed by atoms with E-state index in [4.69, 9.17) is 23.2 Å². The van der Waals surface area contributed by atoms with Gasteiger partial charge in [-0.15, -0.1) is 0 Å². The second-order valence-electron chi connectivity index (χ2n) is 8.33. The molecule has 6 nitrogen and oxygen atoms in total. The van der Waals surface area contributed by atoms with E-state index in [1.807, 2.05) is 7.05 Å². The predicted molar refractivity (Wildman–Crippen MR) is 128 cm³/mol. The standard InChI is InChI=1S/C24H32Cl2N2O4/c1-28-15-14-27-20(23(28)30)13-8-6-4-2-3-5-7-10-17(24(31)32)16-21(29)22-18(25)11-9-12-19(22)26/h9,11-12,17H,2-8,10,13-16H2,1H3,(H,31,32). The van der Waals surface area contributed by atoms with Gasteiger partial charge in [-0.05, 0) is 31.4 Å². The second-order valence-corrected chi connectivity index (χ2v) is 9.14. The van der Waals surface area contributed by atoms with E-state index in [2.05, 4.69) is 4.99 Å². The molecule has 1 aromatic rings. The molecule has 1 N–H and O–H groups in total. The lowest BCUT2D eigenvalue weighted by molar-refractivity contribution is -0.142. The van der Waals surface area contributed by atoms with Crippen molar-refractivity contribution >= 4 is 46.6 Å². The summed E-state index contributed by atoms with van der Waals surface area (Å²) in [5.41, 5.74) is 0.903. The molecule has 0 radical (unpaired) electrons. The number of hydrogen-bond donors (Lipinski definition) is 1. The number of nitrogens with zero attached hydrogens (tertiary/aromatic N) is 2. The molecule has 8 heteroatoms. The second kappa shape index (κ2) is 13.6. The van der Waals surface area contributed by atoms with Crippen molar-refractivity contribution in [2.75, 3.05) is 20.1 Å². The zero-order valence-corrected chi connectivity index (χ0v) is 20.1. The molecule has 1 aliphatic heterocycles. The summed E-state index contributed by atoms with van der Waals surface area (Å²) in [6.07, 6.45) is 8.00.